The standard InChI is InChI=1S/C24H32N6O/c1-2-26-24(28-17-22(23-9-6-14-31-23)30-11-3-4-12-30)27-16-20-7-5-8-21(15-20)18-29-13-10-25-19-29/h5-10,13-15,19,22H,2-4,11-12,16-18H2,1H3,(H2,26,27,28). The molecular formula is C24H32N6O. The first-order chi connectivity index (χ1) is 15.3. The third kappa shape index (κ3) is 5.98. The summed E-state index contributed by atoms with van der Waals surface area (Å²) in [5.74, 6) is 1.84. The lowest BCUT2D eigenvalue weighted by atomic mass is 10.1. The van der Waals surface area contributed by atoms with E-state index in [4.69, 9.17) is 9.41 Å². The lowest BCUT2D eigenvalue weighted by Gasteiger charge is -2.26. The molecule has 3 heterocycles. The summed E-state index contributed by atoms with van der Waals surface area (Å²) in [6.07, 6.45) is 9.89. The molecule has 2 N–H and O–H groups in total. The molecule has 0 spiro atoms. The molecule has 1 atom stereocenters. The van der Waals surface area contributed by atoms with Gasteiger partial charge in [0.15, 0.2) is 5.96 Å². The Labute approximate surface area is 184 Å². The summed E-state index contributed by atoms with van der Waals surface area (Å²) < 4.78 is 7.81. The van der Waals surface area contributed by atoms with Crippen LogP contribution in [-0.4, -0.2) is 46.6 Å². The maximum atomic E-state index is 5.74. The molecule has 7 heteroatoms. The second kappa shape index (κ2) is 10.8. The zero-order valence-corrected chi connectivity index (χ0v) is 18.2. The van der Waals surface area contributed by atoms with Gasteiger partial charge in [-0.1, -0.05) is 24.3 Å². The number of guanidine groups is 1. The van der Waals surface area contributed by atoms with Crippen LogP contribution in [0.4, 0.5) is 0 Å². The van der Waals surface area contributed by atoms with E-state index in [0.29, 0.717) is 6.54 Å². The minimum atomic E-state index is 0.222. The third-order valence-corrected chi connectivity index (χ3v) is 5.60. The first-order valence-corrected chi connectivity index (χ1v) is 11.1. The molecule has 7 nitrogen and oxygen atoms in total. The molecule has 31 heavy (non-hydrogen) atoms. The zero-order chi connectivity index (χ0) is 21.3. The number of imidazole rings is 1. The second-order valence-corrected chi connectivity index (χ2v) is 7.91. The smallest absolute Gasteiger partial charge is 0.191 e. The fourth-order valence-corrected chi connectivity index (χ4v) is 4.07. The molecule has 1 aliphatic rings. The number of benzene rings is 1. The summed E-state index contributed by atoms with van der Waals surface area (Å²) >= 11 is 0. The summed E-state index contributed by atoms with van der Waals surface area (Å²) in [4.78, 5) is 11.4. The van der Waals surface area contributed by atoms with E-state index >= 15 is 0 Å². The van der Waals surface area contributed by atoms with Gasteiger partial charge in [0.2, 0.25) is 0 Å². The number of nitrogens with one attached hydrogen (secondary N) is 2. The van der Waals surface area contributed by atoms with Crippen LogP contribution in [0.2, 0.25) is 0 Å². The third-order valence-electron chi connectivity index (χ3n) is 5.60. The number of hydrogen-bond donors (Lipinski definition) is 2. The van der Waals surface area contributed by atoms with Gasteiger partial charge in [-0.25, -0.2) is 9.98 Å². The number of furan rings is 1. The summed E-state index contributed by atoms with van der Waals surface area (Å²) in [5.41, 5.74) is 2.44. The van der Waals surface area contributed by atoms with Crippen LogP contribution in [0.1, 0.15) is 42.7 Å². The normalized spacial score (nSPS) is 15.8. The van der Waals surface area contributed by atoms with Crippen molar-refractivity contribution in [1.29, 1.82) is 0 Å². The van der Waals surface area contributed by atoms with Gasteiger partial charge in [0.1, 0.15) is 5.76 Å². The summed E-state index contributed by atoms with van der Waals surface area (Å²) in [6.45, 7) is 7.35. The molecule has 0 aliphatic carbocycles. The summed E-state index contributed by atoms with van der Waals surface area (Å²) in [6, 6.07) is 12.8. The first-order valence-electron chi connectivity index (χ1n) is 11.1. The van der Waals surface area contributed by atoms with Gasteiger partial charge in [-0.15, -0.1) is 0 Å². The molecule has 1 aromatic carbocycles. The summed E-state index contributed by atoms with van der Waals surface area (Å²) in [7, 11) is 0. The van der Waals surface area contributed by atoms with E-state index in [1.54, 1.807) is 12.5 Å². The second-order valence-electron chi connectivity index (χ2n) is 7.91. The monoisotopic (exact) mass is 420 g/mol. The molecule has 1 saturated heterocycles. The molecule has 3 aromatic rings. The molecule has 1 unspecified atom stereocenters. The fraction of sp³-hybridized carbons (Fsp3) is 0.417. The van der Waals surface area contributed by atoms with Gasteiger partial charge in [0.05, 0.1) is 25.2 Å². The molecule has 4 rings (SSSR count). The van der Waals surface area contributed by atoms with Crippen LogP contribution in [0.5, 0.6) is 0 Å². The van der Waals surface area contributed by atoms with E-state index in [0.717, 1.165) is 44.4 Å². The van der Waals surface area contributed by atoms with Crippen molar-refractivity contribution in [3.8, 4) is 0 Å². The molecule has 164 valence electrons. The average molecular weight is 421 g/mol. The van der Waals surface area contributed by atoms with E-state index in [1.165, 1.54) is 24.0 Å². The van der Waals surface area contributed by atoms with Crippen molar-refractivity contribution in [3.05, 3.63) is 78.3 Å². The van der Waals surface area contributed by atoms with Crippen LogP contribution in [0, 0.1) is 0 Å². The number of aliphatic imine (C=N–C) groups is 1. The van der Waals surface area contributed by atoms with Gasteiger partial charge in [0, 0.05) is 32.0 Å². The highest BCUT2D eigenvalue weighted by atomic mass is 16.3. The van der Waals surface area contributed by atoms with E-state index < -0.39 is 0 Å². The first kappa shape index (κ1) is 21.2. The topological polar surface area (TPSA) is 70.6 Å². The van der Waals surface area contributed by atoms with Crippen LogP contribution in [0.25, 0.3) is 0 Å². The van der Waals surface area contributed by atoms with Gasteiger partial charge in [-0.2, -0.15) is 0 Å². The highest BCUT2D eigenvalue weighted by Gasteiger charge is 2.25. The quantitative estimate of drug-likeness (QED) is 0.410. The molecular weight excluding hydrogens is 388 g/mol. The molecule has 0 bridgehead atoms. The molecule has 0 radical (unpaired) electrons. The Bertz CT molecular complexity index is 929. The van der Waals surface area contributed by atoms with Crippen molar-refractivity contribution in [2.75, 3.05) is 26.2 Å². The highest BCUT2D eigenvalue weighted by Crippen LogP contribution is 2.24. The van der Waals surface area contributed by atoms with Crippen molar-refractivity contribution in [1.82, 2.24) is 25.1 Å². The lowest BCUT2D eigenvalue weighted by molar-refractivity contribution is 0.215. The molecule has 2 aromatic heterocycles. The predicted octanol–water partition coefficient (Wildman–Crippen LogP) is 3.42. The molecule has 0 saturated carbocycles. The average Bonchev–Trinajstić information content (AvgIpc) is 3.56. The van der Waals surface area contributed by atoms with Gasteiger partial charge in [-0.05, 0) is 56.1 Å². The van der Waals surface area contributed by atoms with E-state index in [-0.39, 0.29) is 6.04 Å². The number of hydrogen-bond acceptors (Lipinski definition) is 4. The molecule has 0 amide bonds. The Morgan fingerprint density at radius 2 is 2.03 bits per heavy atom. The Morgan fingerprint density at radius 3 is 2.77 bits per heavy atom. The van der Waals surface area contributed by atoms with Crippen LogP contribution in [-0.2, 0) is 13.1 Å². The highest BCUT2D eigenvalue weighted by molar-refractivity contribution is 5.79. The number of rotatable bonds is 9. The lowest BCUT2D eigenvalue weighted by Crippen LogP contribution is -2.42. The number of likely N-dealkylation sites (tertiary alicyclic amines) is 1. The largest absolute Gasteiger partial charge is 0.468 e. The Balaban J connectivity index is 1.39. The van der Waals surface area contributed by atoms with Crippen LogP contribution in [0.3, 0.4) is 0 Å². The van der Waals surface area contributed by atoms with Crippen LogP contribution >= 0.6 is 0 Å². The van der Waals surface area contributed by atoms with Crippen LogP contribution < -0.4 is 10.6 Å². The number of nitrogens with zero attached hydrogens (tertiary/aromatic N) is 4. The maximum Gasteiger partial charge on any atom is 0.191 e. The van der Waals surface area contributed by atoms with Gasteiger partial charge in [-0.3, -0.25) is 4.90 Å². The maximum absolute atomic E-state index is 5.74. The van der Waals surface area contributed by atoms with Crippen molar-refractivity contribution in [2.45, 2.75) is 38.9 Å². The van der Waals surface area contributed by atoms with Crippen LogP contribution in [0.15, 0.2) is 70.8 Å². The Morgan fingerprint density at radius 1 is 1.16 bits per heavy atom. The van der Waals surface area contributed by atoms with Gasteiger partial charge in [0.25, 0.3) is 0 Å². The summed E-state index contributed by atoms with van der Waals surface area (Å²) in [5, 5.41) is 6.90. The Hall–Kier alpha value is -3.06. The zero-order valence-electron chi connectivity index (χ0n) is 18.2. The predicted molar refractivity (Wildman–Crippen MR) is 123 cm³/mol. The van der Waals surface area contributed by atoms with E-state index in [1.807, 2.05) is 18.6 Å². The van der Waals surface area contributed by atoms with Crippen molar-refractivity contribution in [3.63, 3.8) is 0 Å². The Kier molecular flexibility index (Phi) is 7.39. The van der Waals surface area contributed by atoms with Crippen molar-refractivity contribution < 1.29 is 4.42 Å². The molecule has 1 aliphatic heterocycles. The fourth-order valence-electron chi connectivity index (χ4n) is 4.07. The SMILES string of the molecule is CCNC(=NCc1cccc(Cn2ccnc2)c1)NCC(c1ccco1)N1CCCC1. The minimum absolute atomic E-state index is 0.222. The van der Waals surface area contributed by atoms with Gasteiger partial charge >= 0.3 is 0 Å². The molecule has 1 fully saturated rings. The van der Waals surface area contributed by atoms with Crippen molar-refractivity contribution >= 4 is 5.96 Å². The van der Waals surface area contributed by atoms with E-state index in [2.05, 4.69) is 62.3 Å². The number of aromatic nitrogens is 2. The van der Waals surface area contributed by atoms with Crippen molar-refractivity contribution in [2.24, 2.45) is 4.99 Å². The van der Waals surface area contributed by atoms with Gasteiger partial charge < -0.3 is 19.6 Å². The minimum Gasteiger partial charge on any atom is -0.468 e. The van der Waals surface area contributed by atoms with E-state index in [9.17, 15) is 0 Å².